The number of carbonyl (C=O) groups excluding carboxylic acids is 1. The van der Waals surface area contributed by atoms with Crippen molar-refractivity contribution in [2.24, 2.45) is 7.05 Å². The van der Waals surface area contributed by atoms with Crippen molar-refractivity contribution < 1.29 is 4.79 Å². The fraction of sp³-hybridized carbons (Fsp3) is 0.348. The molecule has 0 unspecified atom stereocenters. The van der Waals surface area contributed by atoms with E-state index in [4.69, 9.17) is 4.98 Å². The van der Waals surface area contributed by atoms with Crippen molar-refractivity contribution in [2.75, 3.05) is 23.3 Å². The number of imidazole rings is 1. The molecule has 162 valence electrons. The van der Waals surface area contributed by atoms with Crippen LogP contribution >= 0.6 is 0 Å². The molecule has 2 aliphatic heterocycles. The Hall–Kier alpha value is -3.75. The molecular weight excluding hydrogens is 404 g/mol. The van der Waals surface area contributed by atoms with Gasteiger partial charge in [-0.25, -0.2) is 15.0 Å². The highest BCUT2D eigenvalue weighted by atomic mass is 16.2. The molecule has 0 atom stereocenters. The van der Waals surface area contributed by atoms with Gasteiger partial charge in [0.05, 0.1) is 17.2 Å². The third-order valence-electron chi connectivity index (χ3n) is 6.83. The maximum absolute atomic E-state index is 12.9. The molecule has 1 fully saturated rings. The molecule has 1 spiro atoms. The summed E-state index contributed by atoms with van der Waals surface area (Å²) < 4.78 is 3.87. The summed E-state index contributed by atoms with van der Waals surface area (Å²) in [7, 11) is 1.90. The summed E-state index contributed by atoms with van der Waals surface area (Å²) >= 11 is 0. The molecule has 0 bridgehead atoms. The van der Waals surface area contributed by atoms with Gasteiger partial charge in [-0.15, -0.1) is 0 Å². The van der Waals surface area contributed by atoms with Crippen LogP contribution in [-0.2, 0) is 23.8 Å². The molecule has 9 heteroatoms. The van der Waals surface area contributed by atoms with E-state index in [9.17, 15) is 4.79 Å². The van der Waals surface area contributed by atoms with Gasteiger partial charge in [-0.2, -0.15) is 5.10 Å². The minimum Gasteiger partial charge on any atom is -0.355 e. The van der Waals surface area contributed by atoms with Crippen molar-refractivity contribution in [3.63, 3.8) is 0 Å². The quantitative estimate of drug-likeness (QED) is 0.539. The molecule has 2 aliphatic rings. The van der Waals surface area contributed by atoms with Crippen LogP contribution in [0.25, 0.3) is 22.6 Å². The molecule has 0 saturated carbocycles. The second kappa shape index (κ2) is 6.88. The van der Waals surface area contributed by atoms with Crippen LogP contribution in [0.3, 0.4) is 0 Å². The van der Waals surface area contributed by atoms with Gasteiger partial charge in [0.1, 0.15) is 12.2 Å². The van der Waals surface area contributed by atoms with E-state index in [-0.39, 0.29) is 5.91 Å². The highest BCUT2D eigenvalue weighted by molar-refractivity contribution is 6.06. The molecule has 9 nitrogen and oxygen atoms in total. The van der Waals surface area contributed by atoms with Gasteiger partial charge in [0.15, 0.2) is 17.0 Å². The fourth-order valence-electron chi connectivity index (χ4n) is 5.18. The van der Waals surface area contributed by atoms with Gasteiger partial charge in [0.25, 0.3) is 0 Å². The third kappa shape index (κ3) is 2.60. The average molecular weight is 429 g/mol. The number of hydrogen-bond donors (Lipinski definition) is 1. The standard InChI is InChI=1S/C23H24N8O/c1-3-31-19(15-12-26-29(2)13-15)28-18-20(24-14-25-21(18)31)30-10-8-23(9-11-30)16-6-4-5-7-17(16)27-22(23)32/h4-7,12-14H,3,8-11H2,1-2H3,(H,27,32). The number of anilines is 2. The van der Waals surface area contributed by atoms with Gasteiger partial charge in [-0.3, -0.25) is 9.48 Å². The molecule has 1 N–H and O–H groups in total. The van der Waals surface area contributed by atoms with Gasteiger partial charge >= 0.3 is 0 Å². The van der Waals surface area contributed by atoms with Crippen LogP contribution in [-0.4, -0.2) is 48.3 Å². The normalized spacial score (nSPS) is 17.2. The summed E-state index contributed by atoms with van der Waals surface area (Å²) in [4.78, 5) is 29.3. The summed E-state index contributed by atoms with van der Waals surface area (Å²) in [6.07, 6.45) is 6.87. The predicted octanol–water partition coefficient (Wildman–Crippen LogP) is 2.74. The first-order valence-corrected chi connectivity index (χ1v) is 11.0. The number of benzene rings is 1. The van der Waals surface area contributed by atoms with Crippen molar-refractivity contribution in [1.82, 2.24) is 29.3 Å². The van der Waals surface area contributed by atoms with Gasteiger partial charge in [-0.05, 0) is 31.4 Å². The molecule has 4 aromatic rings. The Balaban J connectivity index is 1.37. The molecule has 0 radical (unpaired) electrons. The first-order valence-electron chi connectivity index (χ1n) is 11.0. The average Bonchev–Trinajstić information content (AvgIpc) is 3.48. The highest BCUT2D eigenvalue weighted by Crippen LogP contribution is 2.45. The number of rotatable bonds is 3. The largest absolute Gasteiger partial charge is 0.355 e. The Bertz CT molecular complexity index is 1350. The topological polar surface area (TPSA) is 93.8 Å². The summed E-state index contributed by atoms with van der Waals surface area (Å²) in [6.45, 7) is 4.30. The number of aryl methyl sites for hydroxylation is 2. The fourth-order valence-corrected chi connectivity index (χ4v) is 5.18. The molecule has 1 saturated heterocycles. The highest BCUT2D eigenvalue weighted by Gasteiger charge is 2.48. The zero-order chi connectivity index (χ0) is 21.9. The number of carbonyl (C=O) groups is 1. The van der Waals surface area contributed by atoms with Crippen LogP contribution in [0, 0.1) is 0 Å². The number of hydrogen-bond acceptors (Lipinski definition) is 6. The maximum atomic E-state index is 12.9. The molecule has 0 aliphatic carbocycles. The van der Waals surface area contributed by atoms with Crippen molar-refractivity contribution >= 4 is 28.6 Å². The Kier molecular flexibility index (Phi) is 4.08. The van der Waals surface area contributed by atoms with E-state index < -0.39 is 5.41 Å². The first-order chi connectivity index (χ1) is 15.6. The van der Waals surface area contributed by atoms with Gasteiger partial charge in [0, 0.05) is 38.6 Å². The van der Waals surface area contributed by atoms with E-state index in [1.807, 2.05) is 37.6 Å². The monoisotopic (exact) mass is 428 g/mol. The van der Waals surface area contributed by atoms with Crippen LogP contribution < -0.4 is 10.2 Å². The van der Waals surface area contributed by atoms with Gasteiger partial charge in [0.2, 0.25) is 5.91 Å². The number of aromatic nitrogens is 6. The third-order valence-corrected chi connectivity index (χ3v) is 6.83. The van der Waals surface area contributed by atoms with E-state index in [0.717, 1.165) is 72.1 Å². The number of nitrogens with one attached hydrogen (secondary N) is 1. The molecule has 3 aromatic heterocycles. The smallest absolute Gasteiger partial charge is 0.235 e. The maximum Gasteiger partial charge on any atom is 0.235 e. The Morgan fingerprint density at radius 1 is 1.16 bits per heavy atom. The number of fused-ring (bicyclic) bond motifs is 3. The van der Waals surface area contributed by atoms with E-state index in [0.29, 0.717) is 0 Å². The Labute approximate surface area is 185 Å². The van der Waals surface area contributed by atoms with Crippen molar-refractivity contribution in [2.45, 2.75) is 31.7 Å². The first kappa shape index (κ1) is 19.0. The zero-order valence-corrected chi connectivity index (χ0v) is 18.1. The molecule has 32 heavy (non-hydrogen) atoms. The van der Waals surface area contributed by atoms with Crippen molar-refractivity contribution in [1.29, 1.82) is 0 Å². The van der Waals surface area contributed by atoms with Crippen LogP contribution in [0.4, 0.5) is 11.5 Å². The zero-order valence-electron chi connectivity index (χ0n) is 18.1. The molecule has 5 heterocycles. The molecule has 1 amide bonds. The predicted molar refractivity (Wildman–Crippen MR) is 121 cm³/mol. The molecular formula is C23H24N8O. The second-order valence-corrected chi connectivity index (χ2v) is 8.52. The lowest BCUT2D eigenvalue weighted by atomic mass is 9.73. The lowest BCUT2D eigenvalue weighted by Crippen LogP contribution is -2.46. The second-order valence-electron chi connectivity index (χ2n) is 8.52. The summed E-state index contributed by atoms with van der Waals surface area (Å²) in [6, 6.07) is 8.04. The van der Waals surface area contributed by atoms with Crippen LogP contribution in [0.15, 0.2) is 43.0 Å². The lowest BCUT2D eigenvalue weighted by Gasteiger charge is -2.38. The van der Waals surface area contributed by atoms with Crippen molar-refractivity contribution in [3.8, 4) is 11.4 Å². The number of piperidine rings is 1. The van der Waals surface area contributed by atoms with Gasteiger partial charge < -0.3 is 14.8 Å². The van der Waals surface area contributed by atoms with E-state index in [1.54, 1.807) is 11.0 Å². The van der Waals surface area contributed by atoms with Crippen LogP contribution in [0.5, 0.6) is 0 Å². The Morgan fingerprint density at radius 3 is 2.72 bits per heavy atom. The SMILES string of the molecule is CCn1c(-c2cnn(C)c2)nc2c(N3CCC4(CC3)C(=O)Nc3ccccc34)ncnc21. The molecule has 6 rings (SSSR count). The minimum absolute atomic E-state index is 0.111. The van der Waals surface area contributed by atoms with E-state index >= 15 is 0 Å². The van der Waals surface area contributed by atoms with E-state index in [1.165, 1.54) is 0 Å². The van der Waals surface area contributed by atoms with E-state index in [2.05, 4.69) is 42.8 Å². The summed E-state index contributed by atoms with van der Waals surface area (Å²) in [5, 5.41) is 7.37. The lowest BCUT2D eigenvalue weighted by molar-refractivity contribution is -0.121. The molecule has 1 aromatic carbocycles. The minimum atomic E-state index is -0.455. The number of para-hydroxylation sites is 1. The van der Waals surface area contributed by atoms with Gasteiger partial charge in [-0.1, -0.05) is 18.2 Å². The van der Waals surface area contributed by atoms with Crippen LogP contribution in [0.2, 0.25) is 0 Å². The van der Waals surface area contributed by atoms with Crippen molar-refractivity contribution in [3.05, 3.63) is 48.5 Å². The number of amides is 1. The van der Waals surface area contributed by atoms with Crippen LogP contribution in [0.1, 0.15) is 25.3 Å². The summed E-state index contributed by atoms with van der Waals surface area (Å²) in [5.41, 5.74) is 4.17. The Morgan fingerprint density at radius 2 is 1.97 bits per heavy atom. The number of nitrogens with zero attached hydrogens (tertiary/aromatic N) is 7. The summed E-state index contributed by atoms with van der Waals surface area (Å²) in [5.74, 6) is 1.78.